The van der Waals surface area contributed by atoms with E-state index in [2.05, 4.69) is 15.6 Å². The highest BCUT2D eigenvalue weighted by Gasteiger charge is 2.23. The maximum atomic E-state index is 13.5. The number of halogens is 1. The number of anilines is 1. The maximum Gasteiger partial charge on any atom is 0.253 e. The van der Waals surface area contributed by atoms with Crippen molar-refractivity contribution < 1.29 is 9.18 Å². The average molecular weight is 299 g/mol. The number of nitrogens with one attached hydrogen (secondary N) is 2. The first-order valence-electron chi connectivity index (χ1n) is 7.45. The minimum absolute atomic E-state index is 0.0900. The second-order valence-electron chi connectivity index (χ2n) is 5.48. The predicted molar refractivity (Wildman–Crippen MR) is 83.3 cm³/mol. The Morgan fingerprint density at radius 3 is 2.86 bits per heavy atom. The molecule has 2 aromatic rings. The third-order valence-electron chi connectivity index (χ3n) is 3.59. The van der Waals surface area contributed by atoms with Gasteiger partial charge in [-0.2, -0.15) is 0 Å². The Bertz CT molecular complexity index is 670. The molecule has 1 aromatic carbocycles. The van der Waals surface area contributed by atoms with Gasteiger partial charge in [0.05, 0.1) is 11.3 Å². The van der Waals surface area contributed by atoms with Crippen molar-refractivity contribution in [3.05, 3.63) is 59.7 Å². The Hall–Kier alpha value is -2.43. The molecule has 0 spiro atoms. The highest BCUT2D eigenvalue weighted by Crippen LogP contribution is 2.19. The number of aromatic nitrogens is 1. The van der Waals surface area contributed by atoms with E-state index >= 15 is 0 Å². The predicted octanol–water partition coefficient (Wildman–Crippen LogP) is 2.77. The van der Waals surface area contributed by atoms with Gasteiger partial charge in [0, 0.05) is 25.0 Å². The molecule has 1 fully saturated rings. The number of pyridine rings is 1. The van der Waals surface area contributed by atoms with E-state index in [-0.39, 0.29) is 11.7 Å². The standard InChI is InChI=1S/C17H18FN3O/c18-16-4-2-1-3-12(16)7-8-20-15-9-13(10-19-11-15)17(22)21-14-5-6-14/h1-4,9-11,14,20H,5-8H2,(H,21,22). The largest absolute Gasteiger partial charge is 0.383 e. The minimum atomic E-state index is -0.194. The molecule has 1 amide bonds. The van der Waals surface area contributed by atoms with Crippen LogP contribution in [0.2, 0.25) is 0 Å². The van der Waals surface area contributed by atoms with Crippen molar-refractivity contribution >= 4 is 11.6 Å². The Balaban J connectivity index is 1.56. The van der Waals surface area contributed by atoms with Crippen LogP contribution in [-0.4, -0.2) is 23.5 Å². The van der Waals surface area contributed by atoms with Crippen molar-refractivity contribution in [1.82, 2.24) is 10.3 Å². The second-order valence-corrected chi connectivity index (χ2v) is 5.48. The fraction of sp³-hybridized carbons (Fsp3) is 0.294. The maximum absolute atomic E-state index is 13.5. The highest BCUT2D eigenvalue weighted by atomic mass is 19.1. The summed E-state index contributed by atoms with van der Waals surface area (Å²) in [5, 5.41) is 6.11. The topological polar surface area (TPSA) is 54.0 Å². The lowest BCUT2D eigenvalue weighted by atomic mass is 10.1. The monoisotopic (exact) mass is 299 g/mol. The van der Waals surface area contributed by atoms with Crippen LogP contribution >= 0.6 is 0 Å². The third-order valence-corrected chi connectivity index (χ3v) is 3.59. The molecule has 3 rings (SSSR count). The van der Waals surface area contributed by atoms with Crippen molar-refractivity contribution in [2.24, 2.45) is 0 Å². The van der Waals surface area contributed by atoms with Crippen LogP contribution in [0.4, 0.5) is 10.1 Å². The molecule has 114 valence electrons. The number of carbonyl (C=O) groups excluding carboxylic acids is 1. The van der Waals surface area contributed by atoms with E-state index in [0.29, 0.717) is 30.1 Å². The molecule has 1 saturated carbocycles. The molecule has 4 nitrogen and oxygen atoms in total. The van der Waals surface area contributed by atoms with Gasteiger partial charge in [-0.1, -0.05) is 18.2 Å². The molecule has 0 bridgehead atoms. The highest BCUT2D eigenvalue weighted by molar-refractivity contribution is 5.95. The number of hydrogen-bond acceptors (Lipinski definition) is 3. The normalized spacial score (nSPS) is 13.7. The van der Waals surface area contributed by atoms with E-state index in [1.54, 1.807) is 30.6 Å². The molecule has 0 atom stereocenters. The zero-order chi connectivity index (χ0) is 15.4. The van der Waals surface area contributed by atoms with E-state index in [0.717, 1.165) is 18.5 Å². The van der Waals surface area contributed by atoms with Crippen LogP contribution in [0.25, 0.3) is 0 Å². The minimum Gasteiger partial charge on any atom is -0.383 e. The van der Waals surface area contributed by atoms with Gasteiger partial charge in [-0.15, -0.1) is 0 Å². The molecule has 22 heavy (non-hydrogen) atoms. The van der Waals surface area contributed by atoms with Crippen LogP contribution in [0.1, 0.15) is 28.8 Å². The van der Waals surface area contributed by atoms with Crippen molar-refractivity contribution in [2.75, 3.05) is 11.9 Å². The number of amides is 1. The number of benzene rings is 1. The van der Waals surface area contributed by atoms with Gasteiger partial charge in [0.1, 0.15) is 5.82 Å². The Morgan fingerprint density at radius 2 is 2.09 bits per heavy atom. The number of carbonyl (C=O) groups is 1. The van der Waals surface area contributed by atoms with Crippen LogP contribution in [0.15, 0.2) is 42.7 Å². The van der Waals surface area contributed by atoms with Gasteiger partial charge in [0.2, 0.25) is 0 Å². The summed E-state index contributed by atoms with van der Waals surface area (Å²) in [6.07, 6.45) is 5.90. The Morgan fingerprint density at radius 1 is 1.27 bits per heavy atom. The average Bonchev–Trinajstić information content (AvgIpc) is 3.33. The zero-order valence-corrected chi connectivity index (χ0v) is 12.2. The second kappa shape index (κ2) is 6.56. The van der Waals surface area contributed by atoms with Gasteiger partial charge in [0.25, 0.3) is 5.91 Å². The molecule has 1 aliphatic rings. The zero-order valence-electron chi connectivity index (χ0n) is 12.2. The molecule has 0 aliphatic heterocycles. The third kappa shape index (κ3) is 3.81. The fourth-order valence-electron chi connectivity index (χ4n) is 2.20. The van der Waals surface area contributed by atoms with E-state index in [9.17, 15) is 9.18 Å². The van der Waals surface area contributed by atoms with Crippen LogP contribution in [0.3, 0.4) is 0 Å². The van der Waals surface area contributed by atoms with E-state index in [1.165, 1.54) is 6.07 Å². The smallest absolute Gasteiger partial charge is 0.253 e. The van der Waals surface area contributed by atoms with Gasteiger partial charge in [-0.3, -0.25) is 9.78 Å². The lowest BCUT2D eigenvalue weighted by Crippen LogP contribution is -2.25. The first-order chi connectivity index (χ1) is 10.7. The SMILES string of the molecule is O=C(NC1CC1)c1cncc(NCCc2ccccc2F)c1. The lowest BCUT2D eigenvalue weighted by molar-refractivity contribution is 0.0950. The summed E-state index contributed by atoms with van der Waals surface area (Å²) in [4.78, 5) is 16.0. The molecule has 1 aromatic heterocycles. The van der Waals surface area contributed by atoms with Gasteiger partial charge < -0.3 is 10.6 Å². The summed E-state index contributed by atoms with van der Waals surface area (Å²) >= 11 is 0. The van der Waals surface area contributed by atoms with Gasteiger partial charge in [0.15, 0.2) is 0 Å². The number of nitrogens with zero attached hydrogens (tertiary/aromatic N) is 1. The lowest BCUT2D eigenvalue weighted by Gasteiger charge is -2.08. The summed E-state index contributed by atoms with van der Waals surface area (Å²) < 4.78 is 13.5. The molecular formula is C17H18FN3O. The first kappa shape index (κ1) is 14.5. The fourth-order valence-corrected chi connectivity index (χ4v) is 2.20. The van der Waals surface area contributed by atoms with Crippen molar-refractivity contribution in [3.63, 3.8) is 0 Å². The van der Waals surface area contributed by atoms with Crippen LogP contribution in [0, 0.1) is 5.82 Å². The first-order valence-corrected chi connectivity index (χ1v) is 7.45. The summed E-state index contributed by atoms with van der Waals surface area (Å²) in [5.41, 5.74) is 1.98. The summed E-state index contributed by atoms with van der Waals surface area (Å²) in [6, 6.07) is 8.83. The number of rotatable bonds is 6. The van der Waals surface area contributed by atoms with Crippen molar-refractivity contribution in [3.8, 4) is 0 Å². The molecule has 0 saturated heterocycles. The Kier molecular flexibility index (Phi) is 4.32. The van der Waals surface area contributed by atoms with Gasteiger partial charge >= 0.3 is 0 Å². The molecule has 0 unspecified atom stereocenters. The summed E-state index contributed by atoms with van der Waals surface area (Å²) in [6.45, 7) is 0.580. The van der Waals surface area contributed by atoms with E-state index in [4.69, 9.17) is 0 Å². The molecule has 2 N–H and O–H groups in total. The molecule has 1 aliphatic carbocycles. The number of hydrogen-bond donors (Lipinski definition) is 2. The molecule has 5 heteroatoms. The Labute approximate surface area is 128 Å². The van der Waals surface area contributed by atoms with E-state index < -0.39 is 0 Å². The van der Waals surface area contributed by atoms with E-state index in [1.807, 2.05) is 6.07 Å². The van der Waals surface area contributed by atoms with Gasteiger partial charge in [-0.25, -0.2) is 4.39 Å². The summed E-state index contributed by atoms with van der Waals surface area (Å²) in [5.74, 6) is -0.284. The van der Waals surface area contributed by atoms with Crippen molar-refractivity contribution in [1.29, 1.82) is 0 Å². The van der Waals surface area contributed by atoms with Crippen LogP contribution < -0.4 is 10.6 Å². The van der Waals surface area contributed by atoms with Gasteiger partial charge in [-0.05, 0) is 37.0 Å². The van der Waals surface area contributed by atoms with Crippen molar-refractivity contribution in [2.45, 2.75) is 25.3 Å². The van der Waals surface area contributed by atoms with Crippen LogP contribution in [-0.2, 0) is 6.42 Å². The summed E-state index contributed by atoms with van der Waals surface area (Å²) in [7, 11) is 0. The van der Waals surface area contributed by atoms with Crippen LogP contribution in [0.5, 0.6) is 0 Å². The molecule has 1 heterocycles. The quantitative estimate of drug-likeness (QED) is 0.862. The molecular weight excluding hydrogens is 281 g/mol. The molecule has 0 radical (unpaired) electrons.